The maximum atomic E-state index is 11.6. The minimum absolute atomic E-state index is 0.000000000000000444. The van der Waals surface area contributed by atoms with Crippen LogP contribution in [-0.4, -0.2) is 22.7 Å². The quantitative estimate of drug-likeness (QED) is 0.817. The highest BCUT2D eigenvalue weighted by Crippen LogP contribution is 2.03. The Bertz CT molecular complexity index is 355. The molecule has 1 aromatic rings. The van der Waals surface area contributed by atoms with Crippen molar-refractivity contribution in [3.63, 3.8) is 0 Å². The van der Waals surface area contributed by atoms with Crippen molar-refractivity contribution in [2.75, 3.05) is 12.0 Å². The van der Waals surface area contributed by atoms with Crippen molar-refractivity contribution in [3.05, 3.63) is 23.5 Å². The number of nitrogens with one attached hydrogen (secondary N) is 2. The number of hydrogen-bond donors (Lipinski definition) is 2. The molecule has 0 aromatic carbocycles. The summed E-state index contributed by atoms with van der Waals surface area (Å²) in [5, 5.41) is 2.91. The standard InChI is InChI=1S/C12H21N3O/c1-9-6-7-10(2)15(9)13-8-11(16)14-12(3,4)5/h6-7,13H,8H2,1-5H3,(H,14,16). The maximum Gasteiger partial charge on any atom is 0.241 e. The highest BCUT2D eigenvalue weighted by atomic mass is 16.2. The molecule has 0 fully saturated rings. The average molecular weight is 223 g/mol. The van der Waals surface area contributed by atoms with Crippen LogP contribution >= 0.6 is 0 Å². The molecule has 0 aliphatic rings. The lowest BCUT2D eigenvalue weighted by Gasteiger charge is -2.21. The Kier molecular flexibility index (Phi) is 3.62. The Balaban J connectivity index is 2.50. The molecule has 2 N–H and O–H groups in total. The van der Waals surface area contributed by atoms with Crippen LogP contribution in [0.4, 0.5) is 0 Å². The van der Waals surface area contributed by atoms with E-state index in [1.165, 1.54) is 0 Å². The highest BCUT2D eigenvalue weighted by molar-refractivity contribution is 5.79. The van der Waals surface area contributed by atoms with Gasteiger partial charge in [0.05, 0.1) is 0 Å². The second-order valence-corrected chi connectivity index (χ2v) is 5.08. The summed E-state index contributed by atoms with van der Waals surface area (Å²) in [6.07, 6.45) is 0. The fourth-order valence-electron chi connectivity index (χ4n) is 1.53. The third-order valence-electron chi connectivity index (χ3n) is 2.18. The molecular formula is C12H21N3O. The Morgan fingerprint density at radius 3 is 2.19 bits per heavy atom. The fraction of sp³-hybridized carbons (Fsp3) is 0.583. The van der Waals surface area contributed by atoms with Gasteiger partial charge in [0, 0.05) is 16.9 Å². The van der Waals surface area contributed by atoms with E-state index in [9.17, 15) is 4.79 Å². The molecule has 16 heavy (non-hydrogen) atoms. The molecule has 0 bridgehead atoms. The Morgan fingerprint density at radius 1 is 1.25 bits per heavy atom. The topological polar surface area (TPSA) is 46.1 Å². The number of hydrogen-bond acceptors (Lipinski definition) is 2. The van der Waals surface area contributed by atoms with Gasteiger partial charge in [0.2, 0.25) is 5.91 Å². The van der Waals surface area contributed by atoms with Gasteiger partial charge >= 0.3 is 0 Å². The van der Waals surface area contributed by atoms with Gasteiger partial charge in [-0.25, -0.2) is 0 Å². The summed E-state index contributed by atoms with van der Waals surface area (Å²) in [6, 6.07) is 4.04. The predicted molar refractivity (Wildman–Crippen MR) is 66.0 cm³/mol. The van der Waals surface area contributed by atoms with Gasteiger partial charge < -0.3 is 10.7 Å². The zero-order valence-electron chi connectivity index (χ0n) is 10.7. The molecule has 0 atom stereocenters. The molecule has 0 aliphatic carbocycles. The second kappa shape index (κ2) is 4.60. The summed E-state index contributed by atoms with van der Waals surface area (Å²) in [4.78, 5) is 11.6. The summed E-state index contributed by atoms with van der Waals surface area (Å²) in [5.74, 6) is 0.000000000000000444. The van der Waals surface area contributed by atoms with Crippen LogP contribution in [0.3, 0.4) is 0 Å². The lowest BCUT2D eigenvalue weighted by Crippen LogP contribution is -2.44. The molecule has 4 heteroatoms. The molecule has 1 heterocycles. The van der Waals surface area contributed by atoms with Crippen molar-refractivity contribution >= 4 is 5.91 Å². The van der Waals surface area contributed by atoms with E-state index in [-0.39, 0.29) is 18.0 Å². The maximum absolute atomic E-state index is 11.6. The predicted octanol–water partition coefficient (Wildman–Crippen LogP) is 1.56. The van der Waals surface area contributed by atoms with Crippen molar-refractivity contribution in [1.82, 2.24) is 9.99 Å². The first-order valence-electron chi connectivity index (χ1n) is 5.49. The lowest BCUT2D eigenvalue weighted by atomic mass is 10.1. The SMILES string of the molecule is Cc1ccc(C)n1NCC(=O)NC(C)(C)C. The van der Waals surface area contributed by atoms with Crippen molar-refractivity contribution in [2.24, 2.45) is 0 Å². The lowest BCUT2D eigenvalue weighted by molar-refractivity contribution is -0.120. The number of aryl methyl sites for hydroxylation is 2. The molecule has 0 saturated carbocycles. The zero-order valence-corrected chi connectivity index (χ0v) is 10.7. The summed E-state index contributed by atoms with van der Waals surface area (Å²) >= 11 is 0. The normalized spacial score (nSPS) is 11.3. The van der Waals surface area contributed by atoms with Crippen LogP contribution in [-0.2, 0) is 4.79 Å². The molecule has 0 unspecified atom stereocenters. The molecule has 1 aromatic heterocycles. The number of aromatic nitrogens is 1. The van der Waals surface area contributed by atoms with Crippen molar-refractivity contribution < 1.29 is 4.79 Å². The minimum Gasteiger partial charge on any atom is -0.350 e. The van der Waals surface area contributed by atoms with Gasteiger partial charge in [0.1, 0.15) is 6.54 Å². The van der Waals surface area contributed by atoms with Gasteiger partial charge in [0.15, 0.2) is 0 Å². The number of carbonyl (C=O) groups is 1. The van der Waals surface area contributed by atoms with E-state index in [1.807, 2.05) is 51.4 Å². The molecule has 1 amide bonds. The van der Waals surface area contributed by atoms with E-state index >= 15 is 0 Å². The van der Waals surface area contributed by atoms with Gasteiger partial charge in [-0.05, 0) is 46.8 Å². The van der Waals surface area contributed by atoms with Crippen LogP contribution < -0.4 is 10.7 Å². The van der Waals surface area contributed by atoms with Crippen LogP contribution in [0, 0.1) is 13.8 Å². The molecular weight excluding hydrogens is 202 g/mol. The Hall–Kier alpha value is -1.45. The summed E-state index contributed by atoms with van der Waals surface area (Å²) in [7, 11) is 0. The van der Waals surface area contributed by atoms with Crippen molar-refractivity contribution in [3.8, 4) is 0 Å². The zero-order chi connectivity index (χ0) is 12.3. The van der Waals surface area contributed by atoms with Crippen LogP contribution in [0.5, 0.6) is 0 Å². The van der Waals surface area contributed by atoms with E-state index in [1.54, 1.807) is 0 Å². The number of amides is 1. The van der Waals surface area contributed by atoms with Crippen LogP contribution in [0.25, 0.3) is 0 Å². The first-order valence-corrected chi connectivity index (χ1v) is 5.49. The monoisotopic (exact) mass is 223 g/mol. The van der Waals surface area contributed by atoms with Crippen molar-refractivity contribution in [1.29, 1.82) is 0 Å². The first kappa shape index (κ1) is 12.6. The number of carbonyl (C=O) groups excluding carboxylic acids is 1. The van der Waals surface area contributed by atoms with E-state index in [0.29, 0.717) is 0 Å². The molecule has 0 spiro atoms. The van der Waals surface area contributed by atoms with Gasteiger partial charge in [-0.1, -0.05) is 0 Å². The summed E-state index contributed by atoms with van der Waals surface area (Å²) in [6.45, 7) is 10.2. The highest BCUT2D eigenvalue weighted by Gasteiger charge is 2.13. The summed E-state index contributed by atoms with van der Waals surface area (Å²) in [5.41, 5.74) is 5.10. The van der Waals surface area contributed by atoms with E-state index in [0.717, 1.165) is 11.4 Å². The summed E-state index contributed by atoms with van der Waals surface area (Å²) < 4.78 is 1.92. The third-order valence-corrected chi connectivity index (χ3v) is 2.18. The number of nitrogens with zero attached hydrogens (tertiary/aromatic N) is 1. The van der Waals surface area contributed by atoms with E-state index in [4.69, 9.17) is 0 Å². The molecule has 0 saturated heterocycles. The Morgan fingerprint density at radius 2 is 1.75 bits per heavy atom. The van der Waals surface area contributed by atoms with Crippen LogP contribution in [0.15, 0.2) is 12.1 Å². The van der Waals surface area contributed by atoms with E-state index < -0.39 is 0 Å². The molecule has 0 aliphatic heterocycles. The molecule has 4 nitrogen and oxygen atoms in total. The molecule has 90 valence electrons. The number of rotatable bonds is 3. The smallest absolute Gasteiger partial charge is 0.241 e. The largest absolute Gasteiger partial charge is 0.350 e. The third kappa shape index (κ3) is 3.61. The van der Waals surface area contributed by atoms with Crippen LogP contribution in [0.2, 0.25) is 0 Å². The van der Waals surface area contributed by atoms with Crippen LogP contribution in [0.1, 0.15) is 32.2 Å². The minimum atomic E-state index is -0.181. The molecule has 0 radical (unpaired) electrons. The van der Waals surface area contributed by atoms with E-state index in [2.05, 4.69) is 10.7 Å². The molecule has 1 rings (SSSR count). The Labute approximate surface area is 97.0 Å². The first-order chi connectivity index (χ1) is 7.29. The van der Waals surface area contributed by atoms with Crippen molar-refractivity contribution in [2.45, 2.75) is 40.2 Å². The average Bonchev–Trinajstić information content (AvgIpc) is 2.41. The van der Waals surface area contributed by atoms with Gasteiger partial charge in [-0.2, -0.15) is 0 Å². The van der Waals surface area contributed by atoms with Gasteiger partial charge in [0.25, 0.3) is 0 Å². The fourth-order valence-corrected chi connectivity index (χ4v) is 1.53. The van der Waals surface area contributed by atoms with Gasteiger partial charge in [-0.15, -0.1) is 0 Å². The van der Waals surface area contributed by atoms with Gasteiger partial charge in [-0.3, -0.25) is 9.47 Å². The second-order valence-electron chi connectivity index (χ2n) is 5.08.